The number of hydrogen-bond acceptors (Lipinski definition) is 3. The van der Waals surface area contributed by atoms with Crippen molar-refractivity contribution in [3.05, 3.63) is 54.6 Å². The molecule has 4 nitrogen and oxygen atoms in total. The molecule has 0 atom stereocenters. The van der Waals surface area contributed by atoms with E-state index in [1.165, 1.54) is 11.4 Å². The average Bonchev–Trinajstić information content (AvgIpc) is 3.49. The third-order valence-electron chi connectivity index (χ3n) is 4.85. The fraction of sp³-hybridized carbons (Fsp3) is 0.350. The number of amides is 1. The Bertz CT molecular complexity index is 687. The predicted molar refractivity (Wildman–Crippen MR) is 98.7 cm³/mol. The molecule has 2 fully saturated rings. The van der Waals surface area contributed by atoms with Crippen LogP contribution in [0.2, 0.25) is 0 Å². The van der Waals surface area contributed by atoms with Gasteiger partial charge in [0.25, 0.3) is 0 Å². The summed E-state index contributed by atoms with van der Waals surface area (Å²) in [6.45, 7) is 4.10. The van der Waals surface area contributed by atoms with E-state index in [0.29, 0.717) is 0 Å². The number of carbonyl (C=O) groups excluding carboxylic acids is 1. The van der Waals surface area contributed by atoms with Gasteiger partial charge in [-0.3, -0.25) is 4.79 Å². The zero-order chi connectivity index (χ0) is 16.4. The van der Waals surface area contributed by atoms with Crippen LogP contribution < -0.4 is 15.1 Å². The van der Waals surface area contributed by atoms with E-state index < -0.39 is 0 Å². The molecule has 2 aromatic rings. The summed E-state index contributed by atoms with van der Waals surface area (Å²) in [5, 5.41) is 3.00. The minimum absolute atomic E-state index is 0.166. The fourth-order valence-corrected chi connectivity index (χ4v) is 3.21. The van der Waals surface area contributed by atoms with Gasteiger partial charge in [-0.25, -0.2) is 0 Å². The van der Waals surface area contributed by atoms with Crippen LogP contribution in [0.15, 0.2) is 54.6 Å². The van der Waals surface area contributed by atoms with Gasteiger partial charge in [0.15, 0.2) is 0 Å². The van der Waals surface area contributed by atoms with E-state index in [1.807, 2.05) is 12.1 Å². The highest BCUT2D eigenvalue weighted by atomic mass is 16.2. The van der Waals surface area contributed by atoms with Crippen molar-refractivity contribution in [1.29, 1.82) is 0 Å². The van der Waals surface area contributed by atoms with Crippen molar-refractivity contribution in [1.82, 2.24) is 0 Å². The van der Waals surface area contributed by atoms with Gasteiger partial charge in [-0.15, -0.1) is 0 Å². The Labute approximate surface area is 143 Å². The number of carbonyl (C=O) groups is 1. The number of nitrogens with one attached hydrogen (secondary N) is 1. The summed E-state index contributed by atoms with van der Waals surface area (Å²) in [4.78, 5) is 16.6. The van der Waals surface area contributed by atoms with E-state index in [0.717, 1.165) is 44.7 Å². The molecule has 0 radical (unpaired) electrons. The summed E-state index contributed by atoms with van der Waals surface area (Å²) in [7, 11) is 0. The van der Waals surface area contributed by atoms with E-state index in [4.69, 9.17) is 0 Å². The van der Waals surface area contributed by atoms with Gasteiger partial charge in [-0.05, 0) is 49.2 Å². The van der Waals surface area contributed by atoms with Gasteiger partial charge < -0.3 is 15.1 Å². The van der Waals surface area contributed by atoms with Gasteiger partial charge in [0.1, 0.15) is 0 Å². The Morgan fingerprint density at radius 1 is 0.792 bits per heavy atom. The first-order valence-electron chi connectivity index (χ1n) is 8.75. The Kier molecular flexibility index (Phi) is 4.11. The topological polar surface area (TPSA) is 35.6 Å². The number of piperazine rings is 1. The first-order chi connectivity index (χ1) is 11.8. The van der Waals surface area contributed by atoms with Crippen LogP contribution in [0.3, 0.4) is 0 Å². The maximum Gasteiger partial charge on any atom is 0.227 e. The van der Waals surface area contributed by atoms with Crippen LogP contribution in [0.4, 0.5) is 17.1 Å². The van der Waals surface area contributed by atoms with Crippen molar-refractivity contribution in [2.45, 2.75) is 12.8 Å². The number of benzene rings is 2. The SMILES string of the molecule is O=C(Nc1ccc(N2CCN(c3ccccc3)CC2)cc1)C1CC1. The van der Waals surface area contributed by atoms with Crippen molar-refractivity contribution in [3.8, 4) is 0 Å². The summed E-state index contributed by atoms with van der Waals surface area (Å²) in [5.41, 5.74) is 3.43. The van der Waals surface area contributed by atoms with Gasteiger partial charge in [0, 0.05) is 49.2 Å². The summed E-state index contributed by atoms with van der Waals surface area (Å²) in [5.74, 6) is 0.412. The van der Waals surface area contributed by atoms with Crippen molar-refractivity contribution >= 4 is 23.0 Å². The van der Waals surface area contributed by atoms with Crippen LogP contribution in [0.25, 0.3) is 0 Å². The lowest BCUT2D eigenvalue weighted by Gasteiger charge is -2.37. The number of para-hydroxylation sites is 1. The number of rotatable bonds is 4. The largest absolute Gasteiger partial charge is 0.368 e. The molecule has 1 aliphatic heterocycles. The van der Waals surface area contributed by atoms with Crippen molar-refractivity contribution in [2.24, 2.45) is 5.92 Å². The number of nitrogens with zero attached hydrogens (tertiary/aromatic N) is 2. The molecule has 0 aromatic heterocycles. The second kappa shape index (κ2) is 6.56. The molecule has 1 aliphatic carbocycles. The molecular weight excluding hydrogens is 298 g/mol. The fourth-order valence-electron chi connectivity index (χ4n) is 3.21. The van der Waals surface area contributed by atoms with E-state index in [9.17, 15) is 4.79 Å². The lowest BCUT2D eigenvalue weighted by atomic mass is 10.2. The molecule has 0 bridgehead atoms. The highest BCUT2D eigenvalue weighted by molar-refractivity contribution is 5.94. The molecule has 0 spiro atoms. The van der Waals surface area contributed by atoms with Crippen LogP contribution in [-0.2, 0) is 4.79 Å². The zero-order valence-electron chi connectivity index (χ0n) is 13.8. The summed E-state index contributed by atoms with van der Waals surface area (Å²) in [6, 6.07) is 18.8. The van der Waals surface area contributed by atoms with E-state index in [-0.39, 0.29) is 11.8 Å². The lowest BCUT2D eigenvalue weighted by molar-refractivity contribution is -0.117. The summed E-state index contributed by atoms with van der Waals surface area (Å²) < 4.78 is 0. The van der Waals surface area contributed by atoms with E-state index in [2.05, 4.69) is 57.6 Å². The summed E-state index contributed by atoms with van der Waals surface area (Å²) >= 11 is 0. The molecule has 2 aromatic carbocycles. The Morgan fingerprint density at radius 2 is 1.33 bits per heavy atom. The minimum Gasteiger partial charge on any atom is -0.368 e. The van der Waals surface area contributed by atoms with Crippen molar-refractivity contribution in [3.63, 3.8) is 0 Å². The van der Waals surface area contributed by atoms with Gasteiger partial charge in [-0.2, -0.15) is 0 Å². The van der Waals surface area contributed by atoms with Crippen molar-refractivity contribution in [2.75, 3.05) is 41.3 Å². The monoisotopic (exact) mass is 321 g/mol. The molecule has 1 amide bonds. The molecule has 1 saturated carbocycles. The molecule has 1 N–H and O–H groups in total. The smallest absolute Gasteiger partial charge is 0.227 e. The van der Waals surface area contributed by atoms with Gasteiger partial charge in [0.2, 0.25) is 5.91 Å². The third-order valence-corrected chi connectivity index (χ3v) is 4.85. The molecule has 0 unspecified atom stereocenters. The quantitative estimate of drug-likeness (QED) is 0.938. The molecule has 1 saturated heterocycles. The second-order valence-corrected chi connectivity index (χ2v) is 6.62. The molecule has 4 rings (SSSR count). The summed E-state index contributed by atoms with van der Waals surface area (Å²) in [6.07, 6.45) is 2.07. The van der Waals surface area contributed by atoms with Crippen LogP contribution in [0.1, 0.15) is 12.8 Å². The molecular formula is C20H23N3O. The van der Waals surface area contributed by atoms with Gasteiger partial charge in [0.05, 0.1) is 0 Å². The Balaban J connectivity index is 1.34. The van der Waals surface area contributed by atoms with Crippen LogP contribution in [0.5, 0.6) is 0 Å². The maximum atomic E-state index is 11.8. The van der Waals surface area contributed by atoms with Gasteiger partial charge in [-0.1, -0.05) is 18.2 Å². The first kappa shape index (κ1) is 15.1. The lowest BCUT2D eigenvalue weighted by Crippen LogP contribution is -2.46. The molecule has 4 heteroatoms. The zero-order valence-corrected chi connectivity index (χ0v) is 13.8. The van der Waals surface area contributed by atoms with E-state index >= 15 is 0 Å². The minimum atomic E-state index is 0.166. The standard InChI is InChI=1S/C20H23N3O/c24-20(16-6-7-16)21-17-8-10-19(11-9-17)23-14-12-22(13-15-23)18-4-2-1-3-5-18/h1-5,8-11,16H,6-7,12-15H2,(H,21,24). The highest BCUT2D eigenvalue weighted by Gasteiger charge is 2.29. The Hall–Kier alpha value is -2.49. The van der Waals surface area contributed by atoms with Crippen LogP contribution in [-0.4, -0.2) is 32.1 Å². The first-order valence-corrected chi connectivity index (χ1v) is 8.75. The van der Waals surface area contributed by atoms with Crippen molar-refractivity contribution < 1.29 is 4.79 Å². The molecule has 1 heterocycles. The highest BCUT2D eigenvalue weighted by Crippen LogP contribution is 2.30. The average molecular weight is 321 g/mol. The normalized spacial score (nSPS) is 17.7. The number of hydrogen-bond donors (Lipinski definition) is 1. The Morgan fingerprint density at radius 3 is 1.88 bits per heavy atom. The van der Waals surface area contributed by atoms with Gasteiger partial charge >= 0.3 is 0 Å². The molecule has 124 valence electrons. The second-order valence-electron chi connectivity index (χ2n) is 6.62. The van der Waals surface area contributed by atoms with Crippen LogP contribution >= 0.6 is 0 Å². The predicted octanol–water partition coefficient (Wildman–Crippen LogP) is 3.36. The van der Waals surface area contributed by atoms with E-state index in [1.54, 1.807) is 0 Å². The molecule has 2 aliphatic rings. The third kappa shape index (κ3) is 3.37. The van der Waals surface area contributed by atoms with Crippen LogP contribution in [0, 0.1) is 5.92 Å². The number of anilines is 3. The maximum absolute atomic E-state index is 11.8. The molecule has 24 heavy (non-hydrogen) atoms.